The summed E-state index contributed by atoms with van der Waals surface area (Å²) in [4.78, 5) is 0. The zero-order valence-corrected chi connectivity index (χ0v) is 15.1. The lowest BCUT2D eigenvalue weighted by Crippen LogP contribution is -2.55. The largest absolute Gasteiger partial charge is 0.417 e. The summed E-state index contributed by atoms with van der Waals surface area (Å²) in [6.45, 7) is 4.33. The Kier molecular flexibility index (Phi) is 3.75. The number of halogens is 3. The van der Waals surface area contributed by atoms with Gasteiger partial charge < -0.3 is 10.2 Å². The number of hydrogen-bond acceptors (Lipinski definition) is 2. The molecule has 4 rings (SSSR count). The second-order valence-electron chi connectivity index (χ2n) is 9.60. The van der Waals surface area contributed by atoms with Crippen molar-refractivity contribution in [1.82, 2.24) is 0 Å². The van der Waals surface area contributed by atoms with Crippen molar-refractivity contribution in [2.45, 2.75) is 83.1 Å². The van der Waals surface area contributed by atoms with Crippen LogP contribution in [0.25, 0.3) is 0 Å². The van der Waals surface area contributed by atoms with Gasteiger partial charge in [-0.15, -0.1) is 0 Å². The van der Waals surface area contributed by atoms with E-state index in [1.54, 1.807) is 0 Å². The van der Waals surface area contributed by atoms with Gasteiger partial charge in [0.05, 0.1) is 6.10 Å². The van der Waals surface area contributed by atoms with Crippen LogP contribution in [0.1, 0.15) is 65.2 Å². The maximum atomic E-state index is 13.3. The minimum atomic E-state index is -4.56. The first-order valence-corrected chi connectivity index (χ1v) is 9.68. The molecule has 0 amide bonds. The zero-order chi connectivity index (χ0) is 18.3. The summed E-state index contributed by atoms with van der Waals surface area (Å²) in [5.74, 6) is 1.31. The van der Waals surface area contributed by atoms with Crippen LogP contribution in [-0.4, -0.2) is 28.1 Å². The summed E-state index contributed by atoms with van der Waals surface area (Å²) in [7, 11) is 0. The van der Waals surface area contributed by atoms with Crippen LogP contribution in [0.15, 0.2) is 11.6 Å². The molecule has 4 aliphatic carbocycles. The van der Waals surface area contributed by atoms with Gasteiger partial charge in [0.2, 0.25) is 0 Å². The van der Waals surface area contributed by atoms with Crippen molar-refractivity contribution in [2.75, 3.05) is 0 Å². The molecule has 4 aliphatic rings. The van der Waals surface area contributed by atoms with E-state index in [1.807, 2.05) is 6.08 Å². The molecule has 0 aliphatic heterocycles. The summed E-state index contributed by atoms with van der Waals surface area (Å²) in [5, 5.41) is 20.6. The molecule has 0 heterocycles. The first kappa shape index (κ1) is 17.8. The molecule has 3 fully saturated rings. The van der Waals surface area contributed by atoms with E-state index < -0.39 is 11.8 Å². The number of hydrogen-bond donors (Lipinski definition) is 2. The fourth-order valence-electron chi connectivity index (χ4n) is 6.86. The SMILES string of the molecule is C[C@]12CC[C@H]3[C@@H](CC=C4C[C@](O)(C(F)(F)F)CC[C@@]43C)[C@@H]1CC[C@@H]2O. The van der Waals surface area contributed by atoms with Gasteiger partial charge in [-0.25, -0.2) is 0 Å². The Morgan fingerprint density at radius 1 is 1.04 bits per heavy atom. The smallest absolute Gasteiger partial charge is 0.393 e. The molecule has 0 aromatic rings. The van der Waals surface area contributed by atoms with E-state index in [0.717, 1.165) is 37.7 Å². The van der Waals surface area contributed by atoms with E-state index in [1.165, 1.54) is 0 Å². The van der Waals surface area contributed by atoms with Crippen molar-refractivity contribution in [3.05, 3.63) is 11.6 Å². The normalized spacial score (nSPS) is 52.8. The Labute approximate surface area is 147 Å². The average molecular weight is 358 g/mol. The van der Waals surface area contributed by atoms with Crippen LogP contribution in [0.2, 0.25) is 0 Å². The predicted molar refractivity (Wildman–Crippen MR) is 88.7 cm³/mol. The summed E-state index contributed by atoms with van der Waals surface area (Å²) >= 11 is 0. The molecule has 2 N–H and O–H groups in total. The molecule has 0 aromatic carbocycles. The van der Waals surface area contributed by atoms with Crippen LogP contribution in [0.4, 0.5) is 13.2 Å². The van der Waals surface area contributed by atoms with Crippen LogP contribution in [0.3, 0.4) is 0 Å². The number of aliphatic hydroxyl groups excluding tert-OH is 1. The molecule has 0 spiro atoms. The molecule has 5 heteroatoms. The third-order valence-corrected chi connectivity index (χ3v) is 8.64. The molecule has 7 atom stereocenters. The average Bonchev–Trinajstić information content (AvgIpc) is 2.83. The first-order valence-electron chi connectivity index (χ1n) is 9.68. The number of rotatable bonds is 0. The highest BCUT2D eigenvalue weighted by molar-refractivity contribution is 5.27. The minimum absolute atomic E-state index is 0.0236. The van der Waals surface area contributed by atoms with Gasteiger partial charge in [-0.2, -0.15) is 13.2 Å². The van der Waals surface area contributed by atoms with Crippen LogP contribution >= 0.6 is 0 Å². The monoisotopic (exact) mass is 358 g/mol. The number of fused-ring (bicyclic) bond motifs is 5. The molecule has 0 unspecified atom stereocenters. The van der Waals surface area contributed by atoms with Gasteiger partial charge >= 0.3 is 6.18 Å². The second-order valence-corrected chi connectivity index (χ2v) is 9.60. The fraction of sp³-hybridized carbons (Fsp3) is 0.900. The zero-order valence-electron chi connectivity index (χ0n) is 15.1. The molecular weight excluding hydrogens is 329 g/mol. The second kappa shape index (κ2) is 5.25. The summed E-state index contributed by atoms with van der Waals surface area (Å²) in [6, 6.07) is 0. The van der Waals surface area contributed by atoms with Crippen molar-refractivity contribution < 1.29 is 23.4 Å². The molecule has 2 nitrogen and oxygen atoms in total. The third kappa shape index (κ3) is 2.30. The maximum absolute atomic E-state index is 13.3. The summed E-state index contributed by atoms with van der Waals surface area (Å²) in [5.41, 5.74) is -1.99. The van der Waals surface area contributed by atoms with Gasteiger partial charge in [-0.1, -0.05) is 25.5 Å². The van der Waals surface area contributed by atoms with Crippen molar-refractivity contribution in [1.29, 1.82) is 0 Å². The lowest BCUT2D eigenvalue weighted by Gasteiger charge is -2.58. The van der Waals surface area contributed by atoms with Crippen LogP contribution in [0.5, 0.6) is 0 Å². The molecule has 25 heavy (non-hydrogen) atoms. The standard InChI is InChI=1S/C20H29F3O2/c1-17-9-10-19(25,20(21,22)23)11-12(17)3-4-13-14-5-6-16(24)18(14,2)8-7-15(13)17/h3,13-16,24-25H,4-11H2,1-2H3/t13-,14-,15-,16-,17-,18-,19-/m0/s1. The van der Waals surface area contributed by atoms with Crippen LogP contribution in [-0.2, 0) is 0 Å². The molecule has 3 saturated carbocycles. The van der Waals surface area contributed by atoms with E-state index in [4.69, 9.17) is 0 Å². The van der Waals surface area contributed by atoms with Gasteiger partial charge in [0, 0.05) is 6.42 Å². The van der Waals surface area contributed by atoms with E-state index in [-0.39, 0.29) is 29.8 Å². The topological polar surface area (TPSA) is 40.5 Å². The summed E-state index contributed by atoms with van der Waals surface area (Å²) in [6.07, 6.45) is 1.78. The van der Waals surface area contributed by atoms with Gasteiger partial charge in [0.25, 0.3) is 0 Å². The minimum Gasteiger partial charge on any atom is -0.393 e. The third-order valence-electron chi connectivity index (χ3n) is 8.64. The van der Waals surface area contributed by atoms with Gasteiger partial charge in [0.15, 0.2) is 5.60 Å². The Bertz CT molecular complexity index is 600. The number of alkyl halides is 3. The van der Waals surface area contributed by atoms with Crippen molar-refractivity contribution in [3.63, 3.8) is 0 Å². The van der Waals surface area contributed by atoms with Crippen LogP contribution < -0.4 is 0 Å². The Hall–Kier alpha value is -0.550. The van der Waals surface area contributed by atoms with Crippen molar-refractivity contribution in [2.24, 2.45) is 28.6 Å². The quantitative estimate of drug-likeness (QED) is 0.621. The number of allylic oxidation sites excluding steroid dienone is 1. The summed E-state index contributed by atoms with van der Waals surface area (Å²) < 4.78 is 39.9. The molecule has 0 aromatic heterocycles. The highest BCUT2D eigenvalue weighted by Gasteiger charge is 2.63. The van der Waals surface area contributed by atoms with Crippen LogP contribution in [0, 0.1) is 28.6 Å². The predicted octanol–water partition coefficient (Wildman–Crippen LogP) is 4.60. The lowest BCUT2D eigenvalue weighted by molar-refractivity contribution is -0.271. The Balaban J connectivity index is 1.65. The Morgan fingerprint density at radius 3 is 2.44 bits per heavy atom. The highest BCUT2D eigenvalue weighted by Crippen LogP contribution is 2.66. The van der Waals surface area contributed by atoms with E-state index >= 15 is 0 Å². The van der Waals surface area contributed by atoms with E-state index in [2.05, 4.69) is 13.8 Å². The Morgan fingerprint density at radius 2 is 1.76 bits per heavy atom. The van der Waals surface area contributed by atoms with Crippen molar-refractivity contribution >= 4 is 0 Å². The van der Waals surface area contributed by atoms with Crippen molar-refractivity contribution in [3.8, 4) is 0 Å². The molecule has 0 radical (unpaired) electrons. The van der Waals surface area contributed by atoms with Gasteiger partial charge in [-0.3, -0.25) is 0 Å². The highest BCUT2D eigenvalue weighted by atomic mass is 19.4. The molecule has 0 saturated heterocycles. The van der Waals surface area contributed by atoms with E-state index in [9.17, 15) is 23.4 Å². The van der Waals surface area contributed by atoms with Gasteiger partial charge in [-0.05, 0) is 73.5 Å². The molecule has 0 bridgehead atoms. The number of aliphatic hydroxyl groups is 2. The molecular formula is C20H29F3O2. The first-order chi connectivity index (χ1) is 11.5. The van der Waals surface area contributed by atoms with E-state index in [0.29, 0.717) is 24.2 Å². The maximum Gasteiger partial charge on any atom is 0.417 e. The molecule has 142 valence electrons. The van der Waals surface area contributed by atoms with Gasteiger partial charge in [0.1, 0.15) is 0 Å². The fourth-order valence-corrected chi connectivity index (χ4v) is 6.86. The lowest BCUT2D eigenvalue weighted by atomic mass is 9.47.